The second kappa shape index (κ2) is 12.6. The van der Waals surface area contributed by atoms with Crippen molar-refractivity contribution in [2.45, 2.75) is 134 Å². The summed E-state index contributed by atoms with van der Waals surface area (Å²) in [5.41, 5.74) is 19.7. The highest BCUT2D eigenvalue weighted by atomic mass is 32.1. The Morgan fingerprint density at radius 1 is 0.625 bits per heavy atom. The van der Waals surface area contributed by atoms with E-state index in [1.807, 2.05) is 17.4 Å². The van der Waals surface area contributed by atoms with E-state index in [1.165, 1.54) is 132 Å². The Morgan fingerprint density at radius 3 is 2.09 bits per heavy atom. The van der Waals surface area contributed by atoms with E-state index in [9.17, 15) is 5.26 Å². The average Bonchev–Trinajstić information content (AvgIpc) is 3.84. The number of hydrogen-bond donors (Lipinski definition) is 0. The molecule has 2 aliphatic carbocycles. The summed E-state index contributed by atoms with van der Waals surface area (Å²) in [6.07, 6.45) is 9.56. The van der Waals surface area contributed by atoms with Gasteiger partial charge < -0.3 is 14.7 Å². The molecule has 4 atom stereocenters. The molecule has 0 saturated heterocycles. The number of fused-ring (bicyclic) bond motifs is 13. The molecular weight excluding hydrogens is 796 g/mol. The van der Waals surface area contributed by atoms with Crippen LogP contribution in [0.15, 0.2) is 103 Å². The van der Waals surface area contributed by atoms with Gasteiger partial charge in [-0.2, -0.15) is 5.26 Å². The number of nitriles is 1. The molecule has 2 fully saturated rings. The quantitative estimate of drug-likeness (QED) is 0.162. The Hall–Kier alpha value is -5.51. The molecule has 64 heavy (non-hydrogen) atoms. The van der Waals surface area contributed by atoms with Crippen LogP contribution in [-0.4, -0.2) is 17.8 Å². The normalized spacial score (nSPS) is 26.0. The Morgan fingerprint density at radius 2 is 1.33 bits per heavy atom. The summed E-state index contributed by atoms with van der Waals surface area (Å²) in [7, 11) is 0. The lowest BCUT2D eigenvalue weighted by Crippen LogP contribution is -2.64. The summed E-state index contributed by atoms with van der Waals surface area (Å²) in [6.45, 7) is 19.8. The highest BCUT2D eigenvalue weighted by Gasteiger charge is 2.62. The standard InChI is InChI=1S/C58H57BN4S/c1-35-28-47-52-48(29-35)63-53-41(56(6)25-12-14-27-58(56,63)8)31-37(54(2,3)4)32-43(53)59(52)42-22-21-38(62-44-23-20-36(34-60)30-40(44)55(5)24-11-13-26-57(55,62)7)33-46(42)61(47)45-17-15-19-50-51(45)39-16-9-10-18-49(39)64-50/h9-10,15-23,28-33H,11-14,24-27H2,1-8H3. The topological polar surface area (TPSA) is 33.5 Å². The minimum Gasteiger partial charge on any atom is -0.335 e. The van der Waals surface area contributed by atoms with Crippen LogP contribution in [0.3, 0.4) is 0 Å². The first-order valence-corrected chi connectivity index (χ1v) is 24.8. The molecule has 7 aromatic rings. The molecule has 6 heteroatoms. The number of hydrogen-bond acceptors (Lipinski definition) is 5. The van der Waals surface area contributed by atoms with Gasteiger partial charge in [0.05, 0.1) is 28.4 Å². The summed E-state index contributed by atoms with van der Waals surface area (Å²) < 4.78 is 2.65. The summed E-state index contributed by atoms with van der Waals surface area (Å²) in [6, 6.07) is 42.9. The van der Waals surface area contributed by atoms with Gasteiger partial charge in [0.1, 0.15) is 0 Å². The van der Waals surface area contributed by atoms with Crippen molar-refractivity contribution in [3.05, 3.63) is 131 Å². The van der Waals surface area contributed by atoms with E-state index in [2.05, 4.69) is 173 Å². The Kier molecular flexibility index (Phi) is 7.68. The fourth-order valence-corrected chi connectivity index (χ4v) is 15.6. The van der Waals surface area contributed by atoms with Gasteiger partial charge in [0.2, 0.25) is 0 Å². The van der Waals surface area contributed by atoms with Gasteiger partial charge in [0.15, 0.2) is 0 Å². The van der Waals surface area contributed by atoms with Crippen LogP contribution in [0.5, 0.6) is 0 Å². The van der Waals surface area contributed by atoms with E-state index < -0.39 is 0 Å². The van der Waals surface area contributed by atoms with Gasteiger partial charge in [-0.05, 0) is 151 Å². The SMILES string of the molecule is Cc1cc2c3c(c1)N1c4c(cc(C(C)(C)C)cc4C4(C)CCCCC14C)B3c1ccc(N3c4ccc(C#N)cc4C4(C)CCCCC34C)cc1N2c1cccc2sc3ccccc3c12. The molecule has 1 aromatic heterocycles. The van der Waals surface area contributed by atoms with E-state index in [4.69, 9.17) is 0 Å². The van der Waals surface area contributed by atoms with E-state index in [0.29, 0.717) is 0 Å². The summed E-state index contributed by atoms with van der Waals surface area (Å²) >= 11 is 1.91. The monoisotopic (exact) mass is 852 g/mol. The third-order valence-corrected chi connectivity index (χ3v) is 19.3. The minimum absolute atomic E-state index is 0.00352. The van der Waals surface area contributed by atoms with Crippen LogP contribution in [0, 0.1) is 18.3 Å². The Bertz CT molecular complexity index is 3260. The molecule has 0 N–H and O–H groups in total. The molecule has 5 heterocycles. The molecule has 4 nitrogen and oxygen atoms in total. The second-order valence-corrected chi connectivity index (χ2v) is 23.4. The van der Waals surface area contributed by atoms with Gasteiger partial charge in [-0.3, -0.25) is 0 Å². The third-order valence-electron chi connectivity index (χ3n) is 18.1. The molecule has 0 bridgehead atoms. The average molecular weight is 853 g/mol. The molecule has 0 amide bonds. The van der Waals surface area contributed by atoms with Crippen LogP contribution in [0.2, 0.25) is 0 Å². The van der Waals surface area contributed by atoms with Crippen molar-refractivity contribution in [1.29, 1.82) is 5.26 Å². The number of nitrogens with zero attached hydrogens (tertiary/aromatic N) is 4. The predicted octanol–water partition coefficient (Wildman–Crippen LogP) is 13.6. The highest BCUT2D eigenvalue weighted by Crippen LogP contribution is 2.64. The number of thiophene rings is 1. The van der Waals surface area contributed by atoms with Gasteiger partial charge in [0.25, 0.3) is 6.71 Å². The number of benzene rings is 6. The van der Waals surface area contributed by atoms with Crippen LogP contribution < -0.4 is 31.1 Å². The lowest BCUT2D eigenvalue weighted by Gasteiger charge is -2.53. The molecule has 4 unspecified atom stereocenters. The van der Waals surface area contributed by atoms with Crippen molar-refractivity contribution in [2.24, 2.45) is 0 Å². The molecule has 4 aliphatic heterocycles. The molecule has 6 aromatic carbocycles. The van der Waals surface area contributed by atoms with E-state index in [0.717, 1.165) is 18.4 Å². The van der Waals surface area contributed by atoms with Crippen molar-refractivity contribution < 1.29 is 0 Å². The first-order chi connectivity index (χ1) is 30.7. The molecule has 318 valence electrons. The molecule has 0 spiro atoms. The molecule has 0 radical (unpaired) electrons. The van der Waals surface area contributed by atoms with Crippen molar-refractivity contribution in [3.8, 4) is 6.07 Å². The second-order valence-electron chi connectivity index (χ2n) is 22.3. The van der Waals surface area contributed by atoms with E-state index in [1.54, 1.807) is 5.56 Å². The molecule has 6 aliphatic rings. The largest absolute Gasteiger partial charge is 0.335 e. The first kappa shape index (κ1) is 38.9. The Balaban J connectivity index is 1.14. The van der Waals surface area contributed by atoms with E-state index >= 15 is 0 Å². The van der Waals surface area contributed by atoms with Crippen LogP contribution >= 0.6 is 11.3 Å². The van der Waals surface area contributed by atoms with Crippen LogP contribution in [-0.2, 0) is 16.2 Å². The van der Waals surface area contributed by atoms with Gasteiger partial charge in [-0.25, -0.2) is 0 Å². The smallest absolute Gasteiger partial charge is 0.252 e. The number of aryl methyl sites for hydroxylation is 1. The lowest BCUT2D eigenvalue weighted by molar-refractivity contribution is 0.195. The van der Waals surface area contributed by atoms with Crippen LogP contribution in [0.4, 0.5) is 39.8 Å². The predicted molar refractivity (Wildman–Crippen MR) is 272 cm³/mol. The lowest BCUT2D eigenvalue weighted by atomic mass is 9.33. The van der Waals surface area contributed by atoms with Crippen molar-refractivity contribution >= 4 is 94.4 Å². The highest BCUT2D eigenvalue weighted by molar-refractivity contribution is 7.26. The van der Waals surface area contributed by atoms with Gasteiger partial charge >= 0.3 is 0 Å². The Labute approximate surface area is 383 Å². The molecular formula is C58H57BN4S. The van der Waals surface area contributed by atoms with Crippen LogP contribution in [0.1, 0.15) is 128 Å². The van der Waals surface area contributed by atoms with Gasteiger partial charge in [0, 0.05) is 65.1 Å². The van der Waals surface area contributed by atoms with Crippen molar-refractivity contribution in [1.82, 2.24) is 0 Å². The fraction of sp³-hybridized carbons (Fsp3) is 0.362. The minimum atomic E-state index is -0.144. The number of anilines is 7. The fourth-order valence-electron chi connectivity index (χ4n) is 14.4. The molecule has 13 rings (SSSR count). The summed E-state index contributed by atoms with van der Waals surface area (Å²) in [5.74, 6) is 0. The zero-order valence-corrected chi connectivity index (χ0v) is 39.6. The maximum Gasteiger partial charge on any atom is 0.252 e. The van der Waals surface area contributed by atoms with Gasteiger partial charge in [-0.15, -0.1) is 11.3 Å². The number of rotatable bonds is 2. The third kappa shape index (κ3) is 4.65. The van der Waals surface area contributed by atoms with Gasteiger partial charge in [-0.1, -0.05) is 103 Å². The molecule has 2 saturated carbocycles. The van der Waals surface area contributed by atoms with E-state index in [-0.39, 0.29) is 34.0 Å². The summed E-state index contributed by atoms with van der Waals surface area (Å²) in [5, 5.41) is 12.8. The maximum atomic E-state index is 10.1. The van der Waals surface area contributed by atoms with Crippen molar-refractivity contribution in [2.75, 3.05) is 14.7 Å². The van der Waals surface area contributed by atoms with Crippen molar-refractivity contribution in [3.63, 3.8) is 0 Å². The maximum absolute atomic E-state index is 10.1. The van der Waals surface area contributed by atoms with Crippen LogP contribution in [0.25, 0.3) is 20.2 Å². The summed E-state index contributed by atoms with van der Waals surface area (Å²) in [4.78, 5) is 8.27. The zero-order chi connectivity index (χ0) is 43.9. The first-order valence-electron chi connectivity index (χ1n) is 24.0. The zero-order valence-electron chi connectivity index (χ0n) is 38.7.